The van der Waals surface area contributed by atoms with Crippen LogP contribution in [0.4, 0.5) is 18.9 Å². The van der Waals surface area contributed by atoms with Gasteiger partial charge in [-0.2, -0.15) is 4.98 Å². The molecule has 6 nitrogen and oxygen atoms in total. The Morgan fingerprint density at radius 1 is 1.10 bits per heavy atom. The molecule has 0 unspecified atom stereocenters. The summed E-state index contributed by atoms with van der Waals surface area (Å²) in [5, 5.41) is 6.28. The van der Waals surface area contributed by atoms with Crippen LogP contribution in [0, 0.1) is 17.5 Å². The Kier molecular flexibility index (Phi) is 5.40. The molecule has 0 bridgehead atoms. The monoisotopic (exact) mass is 476 g/mol. The fourth-order valence-electron chi connectivity index (χ4n) is 2.76. The zero-order valence-electron chi connectivity index (χ0n) is 15.1. The summed E-state index contributed by atoms with van der Waals surface area (Å²) in [6.07, 6.45) is 1.62. The molecule has 2 aromatic carbocycles. The fourth-order valence-corrected chi connectivity index (χ4v) is 3.14. The molecule has 0 aliphatic heterocycles. The molecule has 1 amide bonds. The van der Waals surface area contributed by atoms with Gasteiger partial charge in [0.25, 0.3) is 5.89 Å². The number of nitrogens with one attached hydrogen (secondary N) is 1. The maximum Gasteiger partial charge on any atom is 0.274 e. The molecule has 0 saturated heterocycles. The summed E-state index contributed by atoms with van der Waals surface area (Å²) in [7, 11) is 0. The predicted octanol–water partition coefficient (Wildman–Crippen LogP) is 5.02. The van der Waals surface area contributed by atoms with Crippen LogP contribution in [-0.2, 0) is 11.3 Å². The molecule has 2 heterocycles. The van der Waals surface area contributed by atoms with Crippen LogP contribution in [0.5, 0.6) is 0 Å². The minimum atomic E-state index is -0.872. The zero-order valence-corrected chi connectivity index (χ0v) is 16.7. The summed E-state index contributed by atoms with van der Waals surface area (Å²) >= 11 is 3.11. The Morgan fingerprint density at radius 2 is 1.93 bits per heavy atom. The highest BCUT2D eigenvalue weighted by molar-refractivity contribution is 9.10. The van der Waals surface area contributed by atoms with Gasteiger partial charge < -0.3 is 14.4 Å². The molecule has 0 atom stereocenters. The molecule has 0 fully saturated rings. The largest absolute Gasteiger partial charge is 0.334 e. The molecule has 10 heteroatoms. The minimum Gasteiger partial charge on any atom is -0.334 e. The van der Waals surface area contributed by atoms with Crippen molar-refractivity contribution >= 4 is 27.5 Å². The molecule has 0 spiro atoms. The lowest BCUT2D eigenvalue weighted by atomic mass is 10.2. The summed E-state index contributed by atoms with van der Waals surface area (Å²) in [4.78, 5) is 16.6. The van der Waals surface area contributed by atoms with E-state index in [4.69, 9.17) is 4.52 Å². The number of halogens is 4. The number of amides is 1. The lowest BCUT2D eigenvalue weighted by Gasteiger charge is -2.09. The summed E-state index contributed by atoms with van der Waals surface area (Å²) in [5.41, 5.74) is 0.877. The first kappa shape index (κ1) is 19.9. The number of hydrogen-bond donors (Lipinski definition) is 1. The van der Waals surface area contributed by atoms with E-state index >= 15 is 0 Å². The molecule has 0 aliphatic carbocycles. The lowest BCUT2D eigenvalue weighted by molar-refractivity contribution is -0.116. The Morgan fingerprint density at radius 3 is 2.70 bits per heavy atom. The molecule has 152 valence electrons. The van der Waals surface area contributed by atoms with Crippen LogP contribution < -0.4 is 5.32 Å². The molecular weight excluding hydrogens is 465 g/mol. The third kappa shape index (κ3) is 4.13. The summed E-state index contributed by atoms with van der Waals surface area (Å²) < 4.78 is 47.2. The van der Waals surface area contributed by atoms with Crippen molar-refractivity contribution in [2.24, 2.45) is 0 Å². The van der Waals surface area contributed by atoms with Gasteiger partial charge in [0.1, 0.15) is 29.7 Å². The second-order valence-electron chi connectivity index (χ2n) is 6.25. The van der Waals surface area contributed by atoms with E-state index < -0.39 is 23.4 Å². The molecular formula is C20H12BrF3N4O2. The number of anilines is 1. The van der Waals surface area contributed by atoms with Gasteiger partial charge in [0.05, 0.1) is 10.2 Å². The van der Waals surface area contributed by atoms with Gasteiger partial charge in [0, 0.05) is 17.8 Å². The Balaban J connectivity index is 1.53. The number of hydrogen-bond acceptors (Lipinski definition) is 4. The number of nitrogens with zero attached hydrogens (tertiary/aromatic N) is 3. The molecule has 0 radical (unpaired) electrons. The molecule has 2 aromatic heterocycles. The van der Waals surface area contributed by atoms with Crippen LogP contribution >= 0.6 is 15.9 Å². The summed E-state index contributed by atoms with van der Waals surface area (Å²) in [6, 6.07) is 10.5. The number of aromatic nitrogens is 3. The number of carbonyl (C=O) groups is 1. The van der Waals surface area contributed by atoms with E-state index in [0.29, 0.717) is 17.3 Å². The van der Waals surface area contributed by atoms with Crippen LogP contribution in [0.15, 0.2) is 63.7 Å². The second kappa shape index (κ2) is 8.15. The van der Waals surface area contributed by atoms with Gasteiger partial charge in [-0.1, -0.05) is 5.16 Å². The molecule has 1 N–H and O–H groups in total. The number of benzene rings is 2. The van der Waals surface area contributed by atoms with Crippen molar-refractivity contribution in [3.8, 4) is 23.0 Å². The van der Waals surface area contributed by atoms with E-state index in [1.165, 1.54) is 22.8 Å². The minimum absolute atomic E-state index is 0.128. The van der Waals surface area contributed by atoms with Gasteiger partial charge in [-0.15, -0.1) is 0 Å². The smallest absolute Gasteiger partial charge is 0.274 e. The van der Waals surface area contributed by atoms with Crippen molar-refractivity contribution in [1.82, 2.24) is 14.7 Å². The maximum absolute atomic E-state index is 13.7. The fraction of sp³-hybridized carbons (Fsp3) is 0.0500. The predicted molar refractivity (Wildman–Crippen MR) is 106 cm³/mol. The summed E-state index contributed by atoms with van der Waals surface area (Å²) in [5.74, 6) is -2.16. The van der Waals surface area contributed by atoms with Gasteiger partial charge in [0.15, 0.2) is 0 Å². The van der Waals surface area contributed by atoms with E-state index in [0.717, 1.165) is 12.1 Å². The molecule has 0 aliphatic rings. The van der Waals surface area contributed by atoms with E-state index in [2.05, 4.69) is 31.4 Å². The first-order chi connectivity index (χ1) is 14.4. The van der Waals surface area contributed by atoms with Crippen molar-refractivity contribution in [2.45, 2.75) is 6.54 Å². The average molecular weight is 477 g/mol. The van der Waals surface area contributed by atoms with Gasteiger partial charge in [-0.3, -0.25) is 4.79 Å². The van der Waals surface area contributed by atoms with Crippen LogP contribution in [0.25, 0.3) is 23.0 Å². The number of rotatable bonds is 5. The standard InChI is InChI=1S/C20H12BrF3N4O2/c21-13-8-11(3-5-14(13)23)19-26-20(30-27-19)17-2-1-7-28(17)10-18(29)25-16-6-4-12(22)9-15(16)24/h1-9H,10H2,(H,25,29). The first-order valence-electron chi connectivity index (χ1n) is 8.60. The van der Waals surface area contributed by atoms with Crippen molar-refractivity contribution in [2.75, 3.05) is 5.32 Å². The van der Waals surface area contributed by atoms with E-state index in [1.807, 2.05) is 0 Å². The zero-order chi connectivity index (χ0) is 21.3. The van der Waals surface area contributed by atoms with E-state index in [1.54, 1.807) is 18.3 Å². The molecule has 4 rings (SSSR count). The third-order valence-electron chi connectivity index (χ3n) is 4.17. The van der Waals surface area contributed by atoms with Crippen LogP contribution in [0.3, 0.4) is 0 Å². The Labute approximate surface area is 176 Å². The topological polar surface area (TPSA) is 73.0 Å². The Bertz CT molecular complexity index is 1240. The van der Waals surface area contributed by atoms with Crippen LogP contribution in [-0.4, -0.2) is 20.6 Å². The van der Waals surface area contributed by atoms with Crippen molar-refractivity contribution < 1.29 is 22.5 Å². The lowest BCUT2D eigenvalue weighted by Crippen LogP contribution is -2.19. The van der Waals surface area contributed by atoms with Crippen molar-refractivity contribution in [3.63, 3.8) is 0 Å². The second-order valence-corrected chi connectivity index (χ2v) is 7.10. The highest BCUT2D eigenvalue weighted by Gasteiger charge is 2.17. The van der Waals surface area contributed by atoms with Gasteiger partial charge in [0.2, 0.25) is 11.7 Å². The van der Waals surface area contributed by atoms with E-state index in [9.17, 15) is 18.0 Å². The van der Waals surface area contributed by atoms with Crippen LogP contribution in [0.2, 0.25) is 0 Å². The van der Waals surface area contributed by atoms with Crippen LogP contribution in [0.1, 0.15) is 0 Å². The molecule has 0 saturated carbocycles. The highest BCUT2D eigenvalue weighted by Crippen LogP contribution is 2.26. The van der Waals surface area contributed by atoms with Crippen molar-refractivity contribution in [3.05, 3.63) is 76.7 Å². The molecule has 4 aromatic rings. The third-order valence-corrected chi connectivity index (χ3v) is 4.78. The van der Waals surface area contributed by atoms with E-state index in [-0.39, 0.29) is 28.4 Å². The SMILES string of the molecule is O=C(Cn1cccc1-c1nc(-c2ccc(F)c(Br)c2)no1)Nc1ccc(F)cc1F. The average Bonchev–Trinajstić information content (AvgIpc) is 3.35. The first-order valence-corrected chi connectivity index (χ1v) is 9.39. The molecule has 30 heavy (non-hydrogen) atoms. The van der Waals surface area contributed by atoms with Crippen molar-refractivity contribution in [1.29, 1.82) is 0 Å². The highest BCUT2D eigenvalue weighted by atomic mass is 79.9. The van der Waals surface area contributed by atoms with Gasteiger partial charge in [-0.25, -0.2) is 13.2 Å². The van der Waals surface area contributed by atoms with Gasteiger partial charge in [-0.05, 0) is 58.4 Å². The summed E-state index contributed by atoms with van der Waals surface area (Å²) in [6.45, 7) is -0.168. The quantitative estimate of drug-likeness (QED) is 0.438. The maximum atomic E-state index is 13.7. The van der Waals surface area contributed by atoms with Gasteiger partial charge >= 0.3 is 0 Å². The Hall–Kier alpha value is -3.40. The number of carbonyl (C=O) groups excluding carboxylic acids is 1. The normalized spacial score (nSPS) is 10.9.